The molecule has 6 N–H and O–H groups in total. The van der Waals surface area contributed by atoms with Crippen molar-refractivity contribution in [3.8, 4) is 0 Å². The molecule has 0 saturated carbocycles. The first-order valence-electron chi connectivity index (χ1n) is 1.63. The molecule has 0 bridgehead atoms. The summed E-state index contributed by atoms with van der Waals surface area (Å²) in [6.07, 6.45) is 0. The second-order valence-electron chi connectivity index (χ2n) is 1.50. The van der Waals surface area contributed by atoms with Gasteiger partial charge in [0.15, 0.2) is 0 Å². The number of rotatable bonds is 0. The molecule has 0 aliphatic carbocycles. The van der Waals surface area contributed by atoms with Gasteiger partial charge in [0.2, 0.25) is 0 Å². The van der Waals surface area contributed by atoms with Crippen LogP contribution in [0.2, 0.25) is 0 Å². The van der Waals surface area contributed by atoms with Crippen molar-refractivity contribution in [2.24, 2.45) is 0 Å². The van der Waals surface area contributed by atoms with E-state index in [-0.39, 0.29) is 0 Å². The van der Waals surface area contributed by atoms with E-state index in [9.17, 15) is 3.44 Å². The predicted molar refractivity (Wildman–Crippen MR) is 13.3 cm³/mol. The number of hydrogen-bond donors (Lipinski definition) is 6. The molecule has 0 rings (SSSR count). The van der Waals surface area contributed by atoms with Gasteiger partial charge in [-0.05, 0) is 0 Å². The third kappa shape index (κ3) is 996. The van der Waals surface area contributed by atoms with E-state index >= 15 is 0 Å². The van der Waals surface area contributed by atoms with Gasteiger partial charge in [0.1, 0.15) is 0 Å². The van der Waals surface area contributed by atoms with Gasteiger partial charge in [-0.1, -0.05) is 0 Å². The first-order valence-corrected chi connectivity index (χ1v) is 10.9. The van der Waals surface area contributed by atoms with Gasteiger partial charge >= 0.3 is 58.9 Å². The molecule has 0 spiro atoms. The standard InChI is InChI=1S/H5IO6.HIO4/c2-1(3,4,5,6)7;2-1(3,4)5/h2-6H;2H. The summed E-state index contributed by atoms with van der Waals surface area (Å²) in [4.78, 5) is 0. The Hall–Kier alpha value is 1.06. The van der Waals surface area contributed by atoms with Crippen molar-refractivity contribution in [3.63, 3.8) is 0 Å². The van der Waals surface area contributed by atoms with Gasteiger partial charge in [-0.3, -0.25) is 10.3 Å². The summed E-state index contributed by atoms with van der Waals surface area (Å²) in [5.74, 6) is 0. The first kappa shape index (κ1) is 15.5. The van der Waals surface area contributed by atoms with Gasteiger partial charge in [0.05, 0.1) is 0 Å². The molecule has 0 saturated heterocycles. The zero-order chi connectivity index (χ0) is 10.9. The third-order valence-electron chi connectivity index (χ3n) is 0. The minimum absolute atomic E-state index is 5.69. The molecule has 0 aromatic carbocycles. The summed E-state index contributed by atoms with van der Waals surface area (Å²) in [6.45, 7) is 0. The predicted octanol–water partition coefficient (Wildman–Crippen LogP) is -14.1. The van der Waals surface area contributed by atoms with Crippen LogP contribution >= 0.6 is 0 Å². The molecule has 0 heterocycles. The zero-order valence-electron chi connectivity index (χ0n) is 5.07. The van der Waals surface area contributed by atoms with Crippen molar-refractivity contribution in [1.82, 2.24) is 0 Å². The Labute approximate surface area is 72.4 Å². The SMILES string of the molecule is [O-][I+3]([O-])([O-])O.[O-][I+](O)(O)(O)(O)O. The molecule has 12 heavy (non-hydrogen) atoms. The normalized spacial score (nSPS) is 18.5. The molecule has 80 valence electrons. The quantitative estimate of drug-likeness (QED) is 0.204. The third-order valence-corrected chi connectivity index (χ3v) is 0. The van der Waals surface area contributed by atoms with Crippen LogP contribution in [0.5, 0.6) is 0 Å². The van der Waals surface area contributed by atoms with Gasteiger partial charge in [0.25, 0.3) is 0 Å². The Bertz CT molecular complexity index is 118. The monoisotopic (exact) mass is 420 g/mol. The Balaban J connectivity index is 0. The zero-order valence-corrected chi connectivity index (χ0v) is 9.39. The van der Waals surface area contributed by atoms with E-state index in [0.717, 1.165) is 0 Å². The van der Waals surface area contributed by atoms with Gasteiger partial charge in [-0.15, -0.1) is 0 Å². The van der Waals surface area contributed by atoms with Gasteiger partial charge < -0.3 is 0 Å². The fourth-order valence-electron chi connectivity index (χ4n) is 0. The second-order valence-corrected chi connectivity index (χ2v) is 10.0. The molecule has 12 heteroatoms. The fraction of sp³-hybridized carbons (Fsp3) is 0. The van der Waals surface area contributed by atoms with E-state index < -0.39 is 38.2 Å². The van der Waals surface area contributed by atoms with E-state index in [1.165, 1.54) is 0 Å². The van der Waals surface area contributed by atoms with Gasteiger partial charge in [-0.25, -0.2) is 0 Å². The summed E-state index contributed by atoms with van der Waals surface area (Å²) in [7, 11) is 0. The van der Waals surface area contributed by atoms with Crippen LogP contribution in [-0.4, -0.2) is 20.6 Å². The van der Waals surface area contributed by atoms with Crippen molar-refractivity contribution in [3.05, 3.63) is 0 Å². The Morgan fingerprint density at radius 2 is 0.833 bits per heavy atom. The first-order chi connectivity index (χ1) is 4.45. The number of hydrogen-bond acceptors (Lipinski definition) is 10. The number of halogens is 2. The Morgan fingerprint density at radius 3 is 0.833 bits per heavy atom. The summed E-state index contributed by atoms with van der Waals surface area (Å²) in [5, 5.41) is 0. The summed E-state index contributed by atoms with van der Waals surface area (Å²) in [5.41, 5.74) is 0. The molecule has 0 aliphatic rings. The van der Waals surface area contributed by atoms with Crippen molar-refractivity contribution < 1.29 is 72.6 Å². The van der Waals surface area contributed by atoms with Crippen LogP contribution in [0.3, 0.4) is 0 Å². The maximum atomic E-state index is 9.22. The molecule has 0 aromatic heterocycles. The Morgan fingerprint density at radius 1 is 0.833 bits per heavy atom. The second kappa shape index (κ2) is 3.03. The molecular formula is H6I2O10. The average Bonchev–Trinajstić information content (AvgIpc) is 1.04. The molecule has 10 nitrogen and oxygen atoms in total. The van der Waals surface area contributed by atoms with E-state index in [4.69, 9.17) is 30.9 Å². The van der Waals surface area contributed by atoms with E-state index in [0.29, 0.717) is 0 Å². The van der Waals surface area contributed by atoms with E-state index in [1.807, 2.05) is 0 Å². The van der Waals surface area contributed by atoms with Crippen LogP contribution in [0.15, 0.2) is 0 Å². The molecular weight excluding hydrogens is 414 g/mol. The van der Waals surface area contributed by atoms with E-state index in [2.05, 4.69) is 0 Å². The minimum atomic E-state index is -8.37. The molecule has 0 fully saturated rings. The van der Waals surface area contributed by atoms with Crippen LogP contribution in [0.1, 0.15) is 0 Å². The van der Waals surface area contributed by atoms with Crippen LogP contribution in [0.4, 0.5) is 0 Å². The molecule has 0 radical (unpaired) electrons. The van der Waals surface area contributed by atoms with Crippen LogP contribution in [-0.2, 0) is 0 Å². The fourth-order valence-corrected chi connectivity index (χ4v) is 0. The van der Waals surface area contributed by atoms with Crippen LogP contribution in [0.25, 0.3) is 0 Å². The van der Waals surface area contributed by atoms with Crippen molar-refractivity contribution in [2.45, 2.75) is 0 Å². The van der Waals surface area contributed by atoms with E-state index in [1.54, 1.807) is 0 Å². The van der Waals surface area contributed by atoms with Crippen molar-refractivity contribution in [1.29, 1.82) is 0 Å². The average molecular weight is 420 g/mol. The maximum absolute atomic E-state index is 9.22. The summed E-state index contributed by atoms with van der Waals surface area (Å²) < 4.78 is 78.9. The van der Waals surface area contributed by atoms with Crippen molar-refractivity contribution in [2.75, 3.05) is 0 Å². The summed E-state index contributed by atoms with van der Waals surface area (Å²) >= 11 is -14.1. The molecule has 0 aromatic rings. The molecule has 0 amide bonds. The topological polar surface area (TPSA) is 214 Å². The van der Waals surface area contributed by atoms with Gasteiger partial charge in [-0.2, -0.15) is 0 Å². The van der Waals surface area contributed by atoms with Crippen LogP contribution in [0, 0.1) is 0 Å². The molecule has 0 atom stereocenters. The summed E-state index contributed by atoms with van der Waals surface area (Å²) in [6, 6.07) is 0. The Kier molecular flexibility index (Phi) is 3.92. The molecule has 0 aliphatic heterocycles. The van der Waals surface area contributed by atoms with Crippen molar-refractivity contribution >= 4 is 0 Å². The van der Waals surface area contributed by atoms with Crippen LogP contribution < -0.4 is 52.0 Å². The van der Waals surface area contributed by atoms with Gasteiger partial charge in [0, 0.05) is 3.44 Å². The molecule has 0 unspecified atom stereocenters.